The number of benzene rings is 1. The first-order valence-corrected chi connectivity index (χ1v) is 8.48. The molecular weight excluding hydrogens is 355 g/mol. The summed E-state index contributed by atoms with van der Waals surface area (Å²) in [5.41, 5.74) is -0.676. The number of carbonyl (C=O) groups is 2. The summed E-state index contributed by atoms with van der Waals surface area (Å²) in [6.07, 6.45) is 1.39. The van der Waals surface area contributed by atoms with Crippen molar-refractivity contribution in [1.29, 1.82) is 0 Å². The summed E-state index contributed by atoms with van der Waals surface area (Å²) in [5.74, 6) is -0.316. The summed E-state index contributed by atoms with van der Waals surface area (Å²) in [6, 6.07) is 5.21. The third-order valence-electron chi connectivity index (χ3n) is 4.24. The number of nitrogens with zero attached hydrogens (tertiary/aromatic N) is 2. The monoisotopic (exact) mass is 374 g/mol. The minimum atomic E-state index is -0.580. The number of hydrogen-bond acceptors (Lipinski definition) is 5. The van der Waals surface area contributed by atoms with Gasteiger partial charge in [-0.1, -0.05) is 0 Å². The van der Waals surface area contributed by atoms with Gasteiger partial charge in [0.05, 0.1) is 0 Å². The molecule has 142 valence electrons. The molecule has 0 saturated carbocycles. The zero-order chi connectivity index (χ0) is 19.4. The van der Waals surface area contributed by atoms with E-state index < -0.39 is 11.5 Å². The minimum Gasteiger partial charge on any atom is -0.486 e. The van der Waals surface area contributed by atoms with Crippen molar-refractivity contribution >= 4 is 11.8 Å². The van der Waals surface area contributed by atoms with E-state index in [1.807, 2.05) is 0 Å². The second-order valence-corrected chi connectivity index (χ2v) is 6.22. The summed E-state index contributed by atoms with van der Waals surface area (Å²) in [7, 11) is 0. The first-order chi connectivity index (χ1) is 12.9. The van der Waals surface area contributed by atoms with E-state index in [0.717, 1.165) is 0 Å². The van der Waals surface area contributed by atoms with Gasteiger partial charge in [-0.2, -0.15) is 0 Å². The highest BCUT2D eigenvalue weighted by molar-refractivity contribution is 5.94. The Bertz CT molecular complexity index is 897. The van der Waals surface area contributed by atoms with Crippen LogP contribution >= 0.6 is 0 Å². The molecule has 1 atom stereocenters. The van der Waals surface area contributed by atoms with Gasteiger partial charge < -0.3 is 19.9 Å². The molecule has 1 aromatic carbocycles. The molecule has 0 radical (unpaired) electrons. The maximum atomic E-state index is 12.9. The molecule has 2 aromatic rings. The maximum absolute atomic E-state index is 12.9. The lowest BCUT2D eigenvalue weighted by molar-refractivity contribution is -0.120. The van der Waals surface area contributed by atoms with Crippen molar-refractivity contribution in [3.63, 3.8) is 0 Å². The van der Waals surface area contributed by atoms with E-state index in [9.17, 15) is 18.8 Å². The molecule has 3 rings (SSSR count). The smallest absolute Gasteiger partial charge is 0.263 e. The molecule has 1 saturated heterocycles. The third kappa shape index (κ3) is 4.49. The Hall–Kier alpha value is -3.23. The molecular formula is C18H19FN4O4. The maximum Gasteiger partial charge on any atom is 0.263 e. The van der Waals surface area contributed by atoms with Gasteiger partial charge in [-0.25, -0.2) is 9.37 Å². The van der Waals surface area contributed by atoms with E-state index in [0.29, 0.717) is 12.3 Å². The molecule has 1 fully saturated rings. The van der Waals surface area contributed by atoms with Crippen LogP contribution in [0.15, 0.2) is 35.3 Å². The summed E-state index contributed by atoms with van der Waals surface area (Å²) in [4.78, 5) is 44.5. The van der Waals surface area contributed by atoms with Crippen LogP contribution in [0.2, 0.25) is 0 Å². The molecule has 1 aromatic heterocycles. The molecule has 9 heteroatoms. The predicted octanol–water partition coefficient (Wildman–Crippen LogP) is 0.839. The van der Waals surface area contributed by atoms with Crippen LogP contribution < -0.4 is 15.6 Å². The molecule has 1 aliphatic heterocycles. The van der Waals surface area contributed by atoms with Crippen molar-refractivity contribution in [2.45, 2.75) is 26.0 Å². The quantitative estimate of drug-likeness (QED) is 0.825. The van der Waals surface area contributed by atoms with Crippen LogP contribution in [0.25, 0.3) is 0 Å². The van der Waals surface area contributed by atoms with Crippen LogP contribution in [0.5, 0.6) is 5.75 Å². The van der Waals surface area contributed by atoms with Crippen LogP contribution in [0.4, 0.5) is 4.39 Å². The molecule has 0 aliphatic carbocycles. The fourth-order valence-electron chi connectivity index (χ4n) is 2.70. The van der Waals surface area contributed by atoms with Gasteiger partial charge in [0.1, 0.15) is 29.6 Å². The number of H-pyrrole nitrogens is 1. The Labute approximate surface area is 154 Å². The first-order valence-electron chi connectivity index (χ1n) is 8.48. The van der Waals surface area contributed by atoms with E-state index in [4.69, 9.17) is 4.74 Å². The summed E-state index contributed by atoms with van der Waals surface area (Å²) >= 11 is 0. The fraction of sp³-hybridized carbons (Fsp3) is 0.333. The van der Waals surface area contributed by atoms with Gasteiger partial charge >= 0.3 is 0 Å². The molecule has 2 heterocycles. The SMILES string of the molecule is C[C@H]1CNC(=O)CCN1C(=O)c1cnc(COc2ccc(F)cc2)[nH]c1=O. The van der Waals surface area contributed by atoms with Gasteiger partial charge in [-0.3, -0.25) is 14.4 Å². The van der Waals surface area contributed by atoms with Crippen LogP contribution in [0.1, 0.15) is 29.5 Å². The zero-order valence-corrected chi connectivity index (χ0v) is 14.7. The Morgan fingerprint density at radius 1 is 1.33 bits per heavy atom. The van der Waals surface area contributed by atoms with Gasteiger partial charge in [-0.15, -0.1) is 0 Å². The van der Waals surface area contributed by atoms with Crippen LogP contribution in [-0.2, 0) is 11.4 Å². The second kappa shape index (κ2) is 7.98. The molecule has 0 spiro atoms. The highest BCUT2D eigenvalue weighted by Gasteiger charge is 2.27. The molecule has 0 unspecified atom stereocenters. The minimum absolute atomic E-state index is 0.0338. The fourth-order valence-corrected chi connectivity index (χ4v) is 2.70. The molecule has 27 heavy (non-hydrogen) atoms. The number of aromatic nitrogens is 2. The zero-order valence-electron chi connectivity index (χ0n) is 14.7. The van der Waals surface area contributed by atoms with E-state index in [1.165, 1.54) is 35.4 Å². The van der Waals surface area contributed by atoms with Crippen molar-refractivity contribution in [2.24, 2.45) is 0 Å². The van der Waals surface area contributed by atoms with E-state index in [2.05, 4.69) is 15.3 Å². The number of hydrogen-bond donors (Lipinski definition) is 2. The molecule has 2 N–H and O–H groups in total. The number of aromatic amines is 1. The standard InChI is InChI=1S/C18H19FN4O4/c1-11-8-21-16(24)6-7-23(11)18(26)14-9-20-15(22-17(14)25)10-27-13-4-2-12(19)3-5-13/h2-5,9,11H,6-8,10H2,1H3,(H,21,24)(H,20,22,25)/t11-/m0/s1. The summed E-state index contributed by atoms with van der Waals surface area (Å²) in [6.45, 7) is 2.34. The number of halogens is 1. The first kappa shape index (κ1) is 18.6. The van der Waals surface area contributed by atoms with Gasteiger partial charge in [-0.05, 0) is 31.2 Å². The van der Waals surface area contributed by atoms with Gasteiger partial charge in [0.25, 0.3) is 11.5 Å². The third-order valence-corrected chi connectivity index (χ3v) is 4.24. The van der Waals surface area contributed by atoms with Crippen molar-refractivity contribution < 1.29 is 18.7 Å². The lowest BCUT2D eigenvalue weighted by Gasteiger charge is -2.26. The normalized spacial score (nSPS) is 17.2. The number of nitrogens with one attached hydrogen (secondary N) is 2. The van der Waals surface area contributed by atoms with E-state index in [1.54, 1.807) is 6.92 Å². The second-order valence-electron chi connectivity index (χ2n) is 6.22. The van der Waals surface area contributed by atoms with Crippen LogP contribution in [-0.4, -0.2) is 45.8 Å². The van der Waals surface area contributed by atoms with Gasteiger partial charge in [0, 0.05) is 31.7 Å². The molecule has 8 nitrogen and oxygen atoms in total. The van der Waals surface area contributed by atoms with Crippen LogP contribution in [0, 0.1) is 5.82 Å². The largest absolute Gasteiger partial charge is 0.486 e. The highest BCUT2D eigenvalue weighted by atomic mass is 19.1. The Balaban J connectivity index is 1.70. The predicted molar refractivity (Wildman–Crippen MR) is 93.7 cm³/mol. The van der Waals surface area contributed by atoms with E-state index in [-0.39, 0.29) is 48.7 Å². The van der Waals surface area contributed by atoms with Crippen LogP contribution in [0.3, 0.4) is 0 Å². The van der Waals surface area contributed by atoms with Gasteiger partial charge in [0.2, 0.25) is 5.91 Å². The number of amides is 2. The lowest BCUT2D eigenvalue weighted by atomic mass is 10.2. The Morgan fingerprint density at radius 3 is 2.78 bits per heavy atom. The van der Waals surface area contributed by atoms with Gasteiger partial charge in [0.15, 0.2) is 0 Å². The average molecular weight is 374 g/mol. The number of ether oxygens (including phenoxy) is 1. The Morgan fingerprint density at radius 2 is 2.07 bits per heavy atom. The Kier molecular flexibility index (Phi) is 5.49. The molecule has 1 aliphatic rings. The summed E-state index contributed by atoms with van der Waals surface area (Å²) < 4.78 is 18.3. The van der Waals surface area contributed by atoms with E-state index >= 15 is 0 Å². The van der Waals surface area contributed by atoms with Crippen molar-refractivity contribution in [3.8, 4) is 5.75 Å². The van der Waals surface area contributed by atoms with Crippen molar-refractivity contribution in [3.05, 3.63) is 58.0 Å². The topological polar surface area (TPSA) is 104 Å². The average Bonchev–Trinajstić information content (AvgIpc) is 2.82. The highest BCUT2D eigenvalue weighted by Crippen LogP contribution is 2.12. The lowest BCUT2D eigenvalue weighted by Crippen LogP contribution is -2.43. The van der Waals surface area contributed by atoms with Crippen molar-refractivity contribution in [2.75, 3.05) is 13.1 Å². The number of rotatable bonds is 4. The number of carbonyl (C=O) groups excluding carboxylic acids is 2. The molecule has 2 amide bonds. The summed E-state index contributed by atoms with van der Waals surface area (Å²) in [5, 5.41) is 2.72. The van der Waals surface area contributed by atoms with Crippen molar-refractivity contribution in [1.82, 2.24) is 20.2 Å². The molecule has 0 bridgehead atoms.